The quantitative estimate of drug-likeness (QED) is 0.748. The van der Waals surface area contributed by atoms with E-state index in [0.29, 0.717) is 24.1 Å². The van der Waals surface area contributed by atoms with Crippen LogP contribution >= 0.6 is 0 Å². The van der Waals surface area contributed by atoms with Crippen LogP contribution in [0.3, 0.4) is 0 Å². The average molecular weight is 265 g/mol. The lowest BCUT2D eigenvalue weighted by Crippen LogP contribution is -2.25. The van der Waals surface area contributed by atoms with Crippen molar-refractivity contribution in [2.75, 3.05) is 36.9 Å². The summed E-state index contributed by atoms with van der Waals surface area (Å²) in [4.78, 5) is 6.60. The lowest BCUT2D eigenvalue weighted by Gasteiger charge is -2.22. The summed E-state index contributed by atoms with van der Waals surface area (Å²) in [6.45, 7) is 4.60. The summed E-state index contributed by atoms with van der Waals surface area (Å²) in [7, 11) is 0. The molecule has 0 saturated heterocycles. The molecule has 0 aliphatic heterocycles. The number of anilines is 2. The van der Waals surface area contributed by atoms with Gasteiger partial charge < -0.3 is 20.5 Å². The number of nitrogens with zero attached hydrogens (tertiary/aromatic N) is 2. The molecule has 1 saturated carbocycles. The Morgan fingerprint density at radius 3 is 2.89 bits per heavy atom. The molecule has 19 heavy (non-hydrogen) atoms. The number of aromatic nitrogens is 1. The van der Waals surface area contributed by atoms with Crippen LogP contribution in [0, 0.1) is 5.92 Å². The normalized spacial score (nSPS) is 14.4. The highest BCUT2D eigenvalue weighted by atomic mass is 16.5. The molecular weight excluding hydrogens is 242 g/mol. The van der Waals surface area contributed by atoms with Crippen molar-refractivity contribution in [3.63, 3.8) is 0 Å². The zero-order valence-corrected chi connectivity index (χ0v) is 11.5. The maximum absolute atomic E-state index is 8.92. The van der Waals surface area contributed by atoms with E-state index in [1.165, 1.54) is 12.8 Å². The van der Waals surface area contributed by atoms with Crippen molar-refractivity contribution < 1.29 is 9.84 Å². The van der Waals surface area contributed by atoms with Crippen LogP contribution in [-0.2, 0) is 0 Å². The number of aliphatic hydroxyl groups is 1. The maximum atomic E-state index is 8.92. The van der Waals surface area contributed by atoms with Crippen molar-refractivity contribution in [1.29, 1.82) is 0 Å². The van der Waals surface area contributed by atoms with Crippen molar-refractivity contribution in [2.24, 2.45) is 5.92 Å². The molecule has 3 N–H and O–H groups in total. The molecule has 1 aromatic heterocycles. The molecule has 0 spiro atoms. The molecule has 0 aromatic carbocycles. The minimum absolute atomic E-state index is 0.191. The van der Waals surface area contributed by atoms with Gasteiger partial charge in [-0.1, -0.05) is 0 Å². The van der Waals surface area contributed by atoms with Gasteiger partial charge in [-0.25, -0.2) is 0 Å². The third kappa shape index (κ3) is 3.99. The van der Waals surface area contributed by atoms with Crippen LogP contribution in [0.15, 0.2) is 12.1 Å². The number of pyridine rings is 1. The number of nitrogens with two attached hydrogens (primary N) is 1. The topological polar surface area (TPSA) is 71.6 Å². The number of aliphatic hydroxyl groups excluding tert-OH is 1. The molecule has 106 valence electrons. The van der Waals surface area contributed by atoms with Gasteiger partial charge in [0, 0.05) is 19.7 Å². The highest BCUT2D eigenvalue weighted by molar-refractivity contribution is 5.54. The van der Waals surface area contributed by atoms with Gasteiger partial charge in [0.15, 0.2) is 0 Å². The van der Waals surface area contributed by atoms with Gasteiger partial charge in [-0.3, -0.25) is 0 Å². The fourth-order valence-electron chi connectivity index (χ4n) is 1.91. The number of hydrogen-bond donors (Lipinski definition) is 2. The Balaban J connectivity index is 2.03. The first-order chi connectivity index (χ1) is 9.24. The van der Waals surface area contributed by atoms with E-state index in [-0.39, 0.29) is 6.61 Å². The predicted molar refractivity (Wildman–Crippen MR) is 76.5 cm³/mol. The fraction of sp³-hybridized carbons (Fsp3) is 0.643. The van der Waals surface area contributed by atoms with Crippen LogP contribution in [0.1, 0.15) is 26.2 Å². The summed E-state index contributed by atoms with van der Waals surface area (Å²) in [5.41, 5.74) is 6.48. The van der Waals surface area contributed by atoms with Gasteiger partial charge in [-0.05, 0) is 44.2 Å². The number of ether oxygens (including phenoxy) is 1. The largest absolute Gasteiger partial charge is 0.476 e. The molecule has 1 heterocycles. The van der Waals surface area contributed by atoms with Gasteiger partial charge in [0.1, 0.15) is 5.82 Å². The molecule has 1 fully saturated rings. The zero-order chi connectivity index (χ0) is 13.7. The molecule has 0 amide bonds. The van der Waals surface area contributed by atoms with E-state index in [0.717, 1.165) is 25.3 Å². The minimum Gasteiger partial charge on any atom is -0.476 e. The monoisotopic (exact) mass is 265 g/mol. The molecule has 1 aliphatic carbocycles. The molecular formula is C14H23N3O2. The molecule has 2 rings (SSSR count). The molecule has 5 nitrogen and oxygen atoms in total. The van der Waals surface area contributed by atoms with E-state index in [9.17, 15) is 0 Å². The predicted octanol–water partition coefficient (Wildman–Crippen LogP) is 1.66. The summed E-state index contributed by atoms with van der Waals surface area (Å²) >= 11 is 0. The molecule has 0 unspecified atom stereocenters. The zero-order valence-electron chi connectivity index (χ0n) is 11.5. The Kier molecular flexibility index (Phi) is 4.85. The summed E-state index contributed by atoms with van der Waals surface area (Å²) in [5.74, 6) is 2.07. The highest BCUT2D eigenvalue weighted by Gasteiger charge is 2.22. The lowest BCUT2D eigenvalue weighted by atomic mass is 10.3. The van der Waals surface area contributed by atoms with E-state index < -0.39 is 0 Å². The van der Waals surface area contributed by atoms with Crippen molar-refractivity contribution in [1.82, 2.24) is 4.98 Å². The summed E-state index contributed by atoms with van der Waals surface area (Å²) in [6, 6.07) is 3.74. The highest BCUT2D eigenvalue weighted by Crippen LogP contribution is 2.31. The second kappa shape index (κ2) is 6.61. The SMILES string of the molecule is CCN(CCCO)c1ccc(N)c(OCC2CC2)n1. The van der Waals surface area contributed by atoms with Crippen molar-refractivity contribution in [3.05, 3.63) is 12.1 Å². The molecule has 5 heteroatoms. The Morgan fingerprint density at radius 2 is 2.26 bits per heavy atom. The van der Waals surface area contributed by atoms with Crippen LogP contribution in [0.4, 0.5) is 11.5 Å². The van der Waals surface area contributed by atoms with Gasteiger partial charge in [-0.2, -0.15) is 4.98 Å². The molecule has 0 atom stereocenters. The molecule has 0 bridgehead atoms. The van der Waals surface area contributed by atoms with Crippen LogP contribution in [0.2, 0.25) is 0 Å². The number of hydrogen-bond acceptors (Lipinski definition) is 5. The standard InChI is InChI=1S/C14H23N3O2/c1-2-17(8-3-9-18)13-7-6-12(15)14(16-13)19-10-11-4-5-11/h6-7,11,18H,2-5,8-10,15H2,1H3. The van der Waals surface area contributed by atoms with Gasteiger partial charge in [0.2, 0.25) is 5.88 Å². The summed E-state index contributed by atoms with van der Waals surface area (Å²) in [6.07, 6.45) is 3.23. The van der Waals surface area contributed by atoms with Crippen LogP contribution in [-0.4, -0.2) is 36.4 Å². The molecule has 1 aromatic rings. The van der Waals surface area contributed by atoms with Gasteiger partial charge >= 0.3 is 0 Å². The number of nitrogen functional groups attached to an aromatic ring is 1. The smallest absolute Gasteiger partial charge is 0.239 e. The Bertz CT molecular complexity index is 408. The second-order valence-corrected chi connectivity index (χ2v) is 4.98. The summed E-state index contributed by atoms with van der Waals surface area (Å²) in [5, 5.41) is 8.92. The van der Waals surface area contributed by atoms with Gasteiger partial charge in [0.25, 0.3) is 0 Å². The number of rotatable bonds is 8. The molecule has 0 radical (unpaired) electrons. The minimum atomic E-state index is 0.191. The van der Waals surface area contributed by atoms with E-state index >= 15 is 0 Å². The summed E-state index contributed by atoms with van der Waals surface area (Å²) < 4.78 is 5.69. The van der Waals surface area contributed by atoms with E-state index in [4.69, 9.17) is 15.6 Å². The first-order valence-electron chi connectivity index (χ1n) is 6.99. The lowest BCUT2D eigenvalue weighted by molar-refractivity contribution is 0.287. The van der Waals surface area contributed by atoms with Crippen LogP contribution in [0.5, 0.6) is 5.88 Å². The van der Waals surface area contributed by atoms with Crippen LogP contribution in [0.25, 0.3) is 0 Å². The first-order valence-corrected chi connectivity index (χ1v) is 6.99. The van der Waals surface area contributed by atoms with E-state index in [2.05, 4.69) is 16.8 Å². The van der Waals surface area contributed by atoms with E-state index in [1.807, 2.05) is 12.1 Å². The van der Waals surface area contributed by atoms with Crippen molar-refractivity contribution in [2.45, 2.75) is 26.2 Å². The first kappa shape index (κ1) is 13.9. The Hall–Kier alpha value is -1.49. The van der Waals surface area contributed by atoms with E-state index in [1.54, 1.807) is 0 Å². The Labute approximate surface area is 114 Å². The maximum Gasteiger partial charge on any atom is 0.239 e. The van der Waals surface area contributed by atoms with Gasteiger partial charge in [0.05, 0.1) is 12.3 Å². The molecule has 1 aliphatic rings. The average Bonchev–Trinajstić information content (AvgIpc) is 3.24. The van der Waals surface area contributed by atoms with Gasteiger partial charge in [-0.15, -0.1) is 0 Å². The fourth-order valence-corrected chi connectivity index (χ4v) is 1.91. The van der Waals surface area contributed by atoms with Crippen molar-refractivity contribution >= 4 is 11.5 Å². The Morgan fingerprint density at radius 1 is 1.47 bits per heavy atom. The third-order valence-corrected chi connectivity index (χ3v) is 3.32. The second-order valence-electron chi connectivity index (χ2n) is 4.98. The van der Waals surface area contributed by atoms with Crippen molar-refractivity contribution in [3.8, 4) is 5.88 Å². The third-order valence-electron chi connectivity index (χ3n) is 3.32. The van der Waals surface area contributed by atoms with Crippen LogP contribution < -0.4 is 15.4 Å².